The Labute approximate surface area is 112 Å². The van der Waals surface area contributed by atoms with Crippen molar-refractivity contribution in [2.24, 2.45) is 0 Å². The molecule has 0 saturated carbocycles. The first-order chi connectivity index (χ1) is 8.21. The summed E-state index contributed by atoms with van der Waals surface area (Å²) in [5.41, 5.74) is 0. The largest absolute Gasteiger partial charge is 0.410 e. The van der Waals surface area contributed by atoms with E-state index in [1.165, 1.54) is 0 Å². The van der Waals surface area contributed by atoms with Crippen LogP contribution >= 0.6 is 31.3 Å². The van der Waals surface area contributed by atoms with Crippen molar-refractivity contribution in [1.82, 2.24) is 4.67 Å². The first-order valence-electron chi connectivity index (χ1n) is 6.12. The van der Waals surface area contributed by atoms with Gasteiger partial charge in [-0.25, -0.2) is 4.57 Å². The minimum absolute atomic E-state index is 0.316. The summed E-state index contributed by atoms with van der Waals surface area (Å²) in [6.45, 7) is 4.60. The second-order valence-corrected chi connectivity index (χ2v) is 8.40. The molecular formula is C10H20NO3PS2. The van der Waals surface area contributed by atoms with Gasteiger partial charge in [0.2, 0.25) is 0 Å². The molecule has 2 unspecified atom stereocenters. The topological polar surface area (TPSA) is 38.8 Å². The molecule has 4 nitrogen and oxygen atoms in total. The molecule has 0 amide bonds. The molecule has 0 aromatic heterocycles. The minimum atomic E-state index is -3.08. The molecule has 0 aromatic rings. The van der Waals surface area contributed by atoms with Crippen molar-refractivity contribution in [1.29, 1.82) is 0 Å². The average Bonchev–Trinajstić information content (AvgIpc) is 2.12. The molecule has 2 atom stereocenters. The van der Waals surface area contributed by atoms with Crippen LogP contribution in [0.5, 0.6) is 0 Å². The van der Waals surface area contributed by atoms with Crippen molar-refractivity contribution < 1.29 is 13.6 Å². The van der Waals surface area contributed by atoms with Crippen LogP contribution in [0.3, 0.4) is 0 Å². The summed E-state index contributed by atoms with van der Waals surface area (Å²) in [6.07, 6.45) is 2.18. The SMILES string of the molecule is CCOP(=O)(OCC)N(C1CCS1)C1CCS1. The van der Waals surface area contributed by atoms with Crippen molar-refractivity contribution in [2.75, 3.05) is 24.7 Å². The molecule has 0 aromatic carbocycles. The lowest BCUT2D eigenvalue weighted by Gasteiger charge is -2.46. The second-order valence-electron chi connectivity index (χ2n) is 3.91. The van der Waals surface area contributed by atoms with E-state index in [1.807, 2.05) is 42.0 Å². The fraction of sp³-hybridized carbons (Fsp3) is 1.00. The Morgan fingerprint density at radius 1 is 1.12 bits per heavy atom. The summed E-state index contributed by atoms with van der Waals surface area (Å²) >= 11 is 3.70. The normalized spacial score (nSPS) is 28.9. The fourth-order valence-electron chi connectivity index (χ4n) is 1.86. The smallest absolute Gasteiger partial charge is 0.297 e. The van der Waals surface area contributed by atoms with E-state index in [1.54, 1.807) is 0 Å². The minimum Gasteiger partial charge on any atom is -0.297 e. The zero-order valence-corrected chi connectivity index (χ0v) is 12.9. The summed E-state index contributed by atoms with van der Waals surface area (Å²) in [6, 6.07) is 0. The van der Waals surface area contributed by atoms with Crippen LogP contribution in [-0.4, -0.2) is 40.1 Å². The molecular weight excluding hydrogens is 277 g/mol. The van der Waals surface area contributed by atoms with E-state index < -0.39 is 7.75 Å². The van der Waals surface area contributed by atoms with Gasteiger partial charge in [0.25, 0.3) is 0 Å². The zero-order chi connectivity index (χ0) is 12.3. The van der Waals surface area contributed by atoms with Crippen LogP contribution in [0, 0.1) is 0 Å². The maximum atomic E-state index is 12.8. The highest BCUT2D eigenvalue weighted by Gasteiger charge is 2.47. The van der Waals surface area contributed by atoms with Crippen LogP contribution in [0.25, 0.3) is 0 Å². The Bertz CT molecular complexity index is 273. The summed E-state index contributed by atoms with van der Waals surface area (Å²) in [7, 11) is -3.08. The van der Waals surface area contributed by atoms with E-state index >= 15 is 0 Å². The molecule has 17 heavy (non-hydrogen) atoms. The highest BCUT2D eigenvalue weighted by atomic mass is 32.2. The predicted molar refractivity (Wildman–Crippen MR) is 74.4 cm³/mol. The summed E-state index contributed by atoms with van der Waals surface area (Å²) < 4.78 is 25.8. The molecule has 0 N–H and O–H groups in total. The van der Waals surface area contributed by atoms with Gasteiger partial charge in [0.15, 0.2) is 0 Å². The highest BCUT2D eigenvalue weighted by molar-refractivity contribution is 8.02. The van der Waals surface area contributed by atoms with Gasteiger partial charge in [-0.2, -0.15) is 4.67 Å². The van der Waals surface area contributed by atoms with E-state index in [2.05, 4.69) is 0 Å². The standard InChI is InChI=1S/C10H20NO3PS2/c1-3-13-15(12,14-4-2)11(9-5-7-16-9)10-6-8-17-10/h9-10H,3-8H2,1-2H3. The van der Waals surface area contributed by atoms with Gasteiger partial charge in [0, 0.05) is 0 Å². The molecule has 0 spiro atoms. The Morgan fingerprint density at radius 2 is 1.53 bits per heavy atom. The lowest BCUT2D eigenvalue weighted by Crippen LogP contribution is -2.45. The van der Waals surface area contributed by atoms with Gasteiger partial charge in [-0.3, -0.25) is 9.05 Å². The van der Waals surface area contributed by atoms with Crippen LogP contribution in [0.4, 0.5) is 0 Å². The summed E-state index contributed by atoms with van der Waals surface area (Å²) in [5.74, 6) is 2.30. The highest BCUT2D eigenvalue weighted by Crippen LogP contribution is 2.60. The molecule has 2 aliphatic heterocycles. The van der Waals surface area contributed by atoms with Crippen LogP contribution in [0.2, 0.25) is 0 Å². The molecule has 0 aliphatic carbocycles. The van der Waals surface area contributed by atoms with Crippen LogP contribution in [0.15, 0.2) is 0 Å². The molecule has 2 aliphatic rings. The van der Waals surface area contributed by atoms with Gasteiger partial charge >= 0.3 is 7.75 Å². The number of hydrogen-bond donors (Lipinski definition) is 0. The van der Waals surface area contributed by atoms with Crippen molar-refractivity contribution >= 4 is 31.3 Å². The molecule has 2 fully saturated rings. The van der Waals surface area contributed by atoms with Crippen molar-refractivity contribution in [3.63, 3.8) is 0 Å². The molecule has 0 bridgehead atoms. The third kappa shape index (κ3) is 3.04. The lowest BCUT2D eigenvalue weighted by molar-refractivity contribution is 0.153. The van der Waals surface area contributed by atoms with Gasteiger partial charge in [-0.05, 0) is 38.2 Å². The Kier molecular flexibility index (Phi) is 5.28. The second kappa shape index (κ2) is 6.31. The number of rotatable bonds is 7. The van der Waals surface area contributed by atoms with Crippen molar-refractivity contribution in [2.45, 2.75) is 37.4 Å². The zero-order valence-electron chi connectivity index (χ0n) is 10.3. The Morgan fingerprint density at radius 3 is 1.76 bits per heavy atom. The number of thioether (sulfide) groups is 2. The van der Waals surface area contributed by atoms with Crippen molar-refractivity contribution in [3.8, 4) is 0 Å². The first-order valence-corrected chi connectivity index (χ1v) is 9.71. The molecule has 2 heterocycles. The maximum absolute atomic E-state index is 12.8. The van der Waals surface area contributed by atoms with E-state index in [-0.39, 0.29) is 0 Å². The Balaban J connectivity index is 2.12. The van der Waals surface area contributed by atoms with E-state index in [4.69, 9.17) is 9.05 Å². The third-order valence-electron chi connectivity index (χ3n) is 2.81. The van der Waals surface area contributed by atoms with Gasteiger partial charge in [-0.15, -0.1) is 23.5 Å². The van der Waals surface area contributed by atoms with Crippen molar-refractivity contribution in [3.05, 3.63) is 0 Å². The number of nitrogens with zero attached hydrogens (tertiary/aromatic N) is 1. The van der Waals surface area contributed by atoms with Gasteiger partial charge in [0.05, 0.1) is 24.0 Å². The molecule has 2 rings (SSSR count). The average molecular weight is 297 g/mol. The predicted octanol–water partition coefficient (Wildman–Crippen LogP) is 3.40. The lowest BCUT2D eigenvalue weighted by atomic mass is 10.4. The maximum Gasteiger partial charge on any atom is 0.410 e. The van der Waals surface area contributed by atoms with Gasteiger partial charge in [-0.1, -0.05) is 0 Å². The first kappa shape index (κ1) is 14.2. The summed E-state index contributed by atoms with van der Waals surface area (Å²) in [4.78, 5) is 0. The molecule has 2 saturated heterocycles. The van der Waals surface area contributed by atoms with Crippen LogP contribution < -0.4 is 0 Å². The monoisotopic (exact) mass is 297 g/mol. The molecule has 7 heteroatoms. The van der Waals surface area contributed by atoms with Crippen LogP contribution in [0.1, 0.15) is 26.7 Å². The van der Waals surface area contributed by atoms with Gasteiger partial charge < -0.3 is 0 Å². The fourth-order valence-corrected chi connectivity index (χ4v) is 6.38. The molecule has 100 valence electrons. The van der Waals surface area contributed by atoms with E-state index in [9.17, 15) is 4.57 Å². The third-order valence-corrected chi connectivity index (χ3v) is 8.05. The summed E-state index contributed by atoms with van der Waals surface area (Å²) in [5, 5.41) is 0.633. The van der Waals surface area contributed by atoms with E-state index in [0.29, 0.717) is 24.0 Å². The van der Waals surface area contributed by atoms with Crippen LogP contribution in [-0.2, 0) is 13.6 Å². The quantitative estimate of drug-likeness (QED) is 0.671. The Hall–Kier alpha value is 0.810. The molecule has 0 radical (unpaired) electrons. The van der Waals surface area contributed by atoms with Gasteiger partial charge in [0.1, 0.15) is 0 Å². The number of hydrogen-bond acceptors (Lipinski definition) is 5. The van der Waals surface area contributed by atoms with E-state index in [0.717, 1.165) is 24.3 Å².